The number of carboxylic acids is 1. The molecule has 102 valence electrons. The Morgan fingerprint density at radius 3 is 2.44 bits per heavy atom. The molecule has 0 unspecified atom stereocenters. The molecule has 1 rings (SSSR count). The van der Waals surface area contributed by atoms with Crippen LogP contribution in [0.3, 0.4) is 0 Å². The smallest absolute Gasteiger partial charge is 0.335 e. The van der Waals surface area contributed by atoms with Crippen molar-refractivity contribution in [1.29, 1.82) is 0 Å². The van der Waals surface area contributed by atoms with Gasteiger partial charge in [0.15, 0.2) is 11.6 Å². The van der Waals surface area contributed by atoms with E-state index in [-0.39, 0.29) is 29.5 Å². The van der Waals surface area contributed by atoms with Crippen LogP contribution in [0.2, 0.25) is 0 Å². The van der Waals surface area contributed by atoms with Gasteiger partial charge in [0.25, 0.3) is 0 Å². The van der Waals surface area contributed by atoms with Crippen molar-refractivity contribution < 1.29 is 19.4 Å². The summed E-state index contributed by atoms with van der Waals surface area (Å²) in [7, 11) is 0. The largest absolute Gasteiger partial charge is 0.505 e. The average Bonchev–Trinajstić information content (AvgIpc) is 2.20. The molecule has 0 fully saturated rings. The van der Waals surface area contributed by atoms with Crippen LogP contribution in [-0.4, -0.2) is 16.2 Å². The van der Waals surface area contributed by atoms with Crippen LogP contribution in [0.1, 0.15) is 42.2 Å². The van der Waals surface area contributed by atoms with E-state index in [0.29, 0.717) is 6.42 Å². The molecule has 4 nitrogen and oxygen atoms in total. The number of phenolic OH excluding ortho intramolecular Hbond substituents is 1. The Bertz CT molecular complexity index is 438. The zero-order valence-corrected chi connectivity index (χ0v) is 11.0. The topological polar surface area (TPSA) is 83.6 Å². The summed E-state index contributed by atoms with van der Waals surface area (Å²) in [5, 5.41) is 18.3. The number of carbonyl (C=O) groups is 1. The summed E-state index contributed by atoms with van der Waals surface area (Å²) in [4.78, 5) is 10.8. The lowest BCUT2D eigenvalue weighted by Crippen LogP contribution is -2.14. The van der Waals surface area contributed by atoms with E-state index in [1.165, 1.54) is 6.07 Å². The Morgan fingerprint density at radius 1 is 1.44 bits per heavy atom. The third-order valence-electron chi connectivity index (χ3n) is 2.46. The highest BCUT2D eigenvalue weighted by Gasteiger charge is 2.19. The number of hydrogen-bond donors (Lipinski definition) is 3. The van der Waals surface area contributed by atoms with E-state index in [1.807, 2.05) is 13.8 Å². The van der Waals surface area contributed by atoms with Gasteiger partial charge in [0.05, 0.1) is 5.56 Å². The molecule has 4 N–H and O–H groups in total. The summed E-state index contributed by atoms with van der Waals surface area (Å²) < 4.78 is 13.3. The molecule has 0 aromatic heterocycles. The maximum Gasteiger partial charge on any atom is 0.335 e. The first-order valence-electron chi connectivity index (χ1n) is 5.34. The van der Waals surface area contributed by atoms with Crippen LogP contribution in [0.5, 0.6) is 5.75 Å². The fourth-order valence-corrected chi connectivity index (χ4v) is 1.66. The predicted octanol–water partition coefficient (Wildman–Crippen LogP) is 2.70. The molecule has 1 atom stereocenters. The van der Waals surface area contributed by atoms with Crippen LogP contribution >= 0.6 is 12.4 Å². The molecule has 0 aliphatic rings. The van der Waals surface area contributed by atoms with Crippen molar-refractivity contribution in [2.45, 2.75) is 26.3 Å². The molecule has 0 aliphatic heterocycles. The molecule has 6 heteroatoms. The Labute approximate surface area is 111 Å². The van der Waals surface area contributed by atoms with E-state index < -0.39 is 23.6 Å². The number of halogens is 2. The number of carboxylic acid groups (broad SMARTS) is 1. The summed E-state index contributed by atoms with van der Waals surface area (Å²) >= 11 is 0. The van der Waals surface area contributed by atoms with E-state index in [9.17, 15) is 14.3 Å². The van der Waals surface area contributed by atoms with Gasteiger partial charge in [0.2, 0.25) is 0 Å². The van der Waals surface area contributed by atoms with Crippen molar-refractivity contribution >= 4 is 18.4 Å². The van der Waals surface area contributed by atoms with Gasteiger partial charge in [-0.05, 0) is 24.5 Å². The van der Waals surface area contributed by atoms with Crippen LogP contribution in [-0.2, 0) is 0 Å². The van der Waals surface area contributed by atoms with Crippen molar-refractivity contribution in [2.24, 2.45) is 11.7 Å². The van der Waals surface area contributed by atoms with Crippen LogP contribution in [0.15, 0.2) is 12.1 Å². The highest BCUT2D eigenvalue weighted by Crippen LogP contribution is 2.30. The molecule has 0 spiro atoms. The number of aromatic hydroxyl groups is 1. The van der Waals surface area contributed by atoms with Crippen molar-refractivity contribution in [2.75, 3.05) is 0 Å². The van der Waals surface area contributed by atoms with E-state index in [4.69, 9.17) is 10.8 Å². The second-order valence-electron chi connectivity index (χ2n) is 4.44. The van der Waals surface area contributed by atoms with Crippen molar-refractivity contribution in [3.63, 3.8) is 0 Å². The number of phenols is 1. The summed E-state index contributed by atoms with van der Waals surface area (Å²) in [5.41, 5.74) is 5.74. The molecule has 0 aliphatic carbocycles. The monoisotopic (exact) mass is 277 g/mol. The van der Waals surface area contributed by atoms with Gasteiger partial charge in [0, 0.05) is 11.6 Å². The second-order valence-corrected chi connectivity index (χ2v) is 4.44. The number of nitrogens with two attached hydrogens (primary N) is 1. The minimum atomic E-state index is -1.25. The lowest BCUT2D eigenvalue weighted by Gasteiger charge is -2.16. The highest BCUT2D eigenvalue weighted by molar-refractivity contribution is 5.88. The Hall–Kier alpha value is -1.33. The summed E-state index contributed by atoms with van der Waals surface area (Å²) in [6, 6.07) is 1.42. The Kier molecular flexibility index (Phi) is 6.08. The zero-order chi connectivity index (χ0) is 13.2. The Morgan fingerprint density at radius 2 is 2.00 bits per heavy atom. The first-order valence-corrected chi connectivity index (χ1v) is 5.34. The van der Waals surface area contributed by atoms with E-state index in [1.54, 1.807) is 0 Å². The van der Waals surface area contributed by atoms with Crippen molar-refractivity contribution in [3.05, 3.63) is 29.1 Å². The van der Waals surface area contributed by atoms with Gasteiger partial charge < -0.3 is 15.9 Å². The number of benzene rings is 1. The van der Waals surface area contributed by atoms with Gasteiger partial charge in [-0.1, -0.05) is 13.8 Å². The SMILES string of the molecule is CC(C)C[C@@H](N)c1cc(C(=O)O)cc(F)c1O.Cl. The standard InChI is InChI=1S/C12H16FNO3.ClH/c1-6(2)3-10(14)8-4-7(12(16)17)5-9(13)11(8)15;/h4-6,10,15H,3,14H2,1-2H3,(H,16,17);1H/t10-;/m1./s1. The van der Waals surface area contributed by atoms with E-state index >= 15 is 0 Å². The van der Waals surface area contributed by atoms with Crippen LogP contribution in [0.4, 0.5) is 4.39 Å². The van der Waals surface area contributed by atoms with Crippen molar-refractivity contribution in [3.8, 4) is 5.75 Å². The molecule has 0 heterocycles. The maximum atomic E-state index is 13.3. The number of rotatable bonds is 4. The van der Waals surface area contributed by atoms with Crippen LogP contribution < -0.4 is 5.73 Å². The van der Waals surface area contributed by atoms with Gasteiger partial charge in [0.1, 0.15) is 0 Å². The molecule has 0 bridgehead atoms. The molecular formula is C12H17ClFNO3. The third kappa shape index (κ3) is 3.85. The lowest BCUT2D eigenvalue weighted by molar-refractivity contribution is 0.0696. The van der Waals surface area contributed by atoms with Gasteiger partial charge in [-0.25, -0.2) is 9.18 Å². The molecule has 0 radical (unpaired) electrons. The fraction of sp³-hybridized carbons (Fsp3) is 0.417. The van der Waals surface area contributed by atoms with Gasteiger partial charge in [-0.2, -0.15) is 0 Å². The van der Waals surface area contributed by atoms with Gasteiger partial charge >= 0.3 is 5.97 Å². The van der Waals surface area contributed by atoms with Crippen molar-refractivity contribution in [1.82, 2.24) is 0 Å². The molecule has 0 saturated carbocycles. The summed E-state index contributed by atoms with van der Waals surface area (Å²) in [5.74, 6) is -2.51. The predicted molar refractivity (Wildman–Crippen MR) is 68.7 cm³/mol. The van der Waals surface area contributed by atoms with Gasteiger partial charge in [-0.3, -0.25) is 0 Å². The Balaban J connectivity index is 0.00000289. The van der Waals surface area contributed by atoms with Crippen LogP contribution in [0.25, 0.3) is 0 Å². The summed E-state index contributed by atoms with van der Waals surface area (Å²) in [6.07, 6.45) is 0.538. The van der Waals surface area contributed by atoms with E-state index in [2.05, 4.69) is 0 Å². The number of aromatic carboxylic acids is 1. The lowest BCUT2D eigenvalue weighted by atomic mass is 9.95. The number of hydrogen-bond acceptors (Lipinski definition) is 3. The summed E-state index contributed by atoms with van der Waals surface area (Å²) in [6.45, 7) is 3.88. The van der Waals surface area contributed by atoms with E-state index in [0.717, 1.165) is 6.07 Å². The molecular weight excluding hydrogens is 261 g/mol. The third-order valence-corrected chi connectivity index (χ3v) is 2.46. The molecule has 1 aromatic carbocycles. The fourth-order valence-electron chi connectivity index (χ4n) is 1.66. The maximum absolute atomic E-state index is 13.3. The molecule has 0 amide bonds. The average molecular weight is 278 g/mol. The first-order chi connectivity index (χ1) is 7.82. The zero-order valence-electron chi connectivity index (χ0n) is 10.2. The quantitative estimate of drug-likeness (QED) is 0.790. The highest BCUT2D eigenvalue weighted by atomic mass is 35.5. The van der Waals surface area contributed by atoms with Crippen LogP contribution in [0, 0.1) is 11.7 Å². The second kappa shape index (κ2) is 6.56. The van der Waals surface area contributed by atoms with Gasteiger partial charge in [-0.15, -0.1) is 12.4 Å². The minimum absolute atomic E-state index is 0. The molecule has 1 aromatic rings. The minimum Gasteiger partial charge on any atom is -0.505 e. The normalized spacial score (nSPS) is 12.1. The molecule has 0 saturated heterocycles. The first kappa shape index (κ1) is 16.7. The molecule has 18 heavy (non-hydrogen) atoms.